The fraction of sp³-hybridized carbons (Fsp3) is 0.600. The average Bonchev–Trinajstić information content (AvgIpc) is 2.39. The van der Waals surface area contributed by atoms with Crippen molar-refractivity contribution in [1.82, 2.24) is 4.90 Å². The number of fused-ring (bicyclic) bond motifs is 2. The fourth-order valence-corrected chi connectivity index (χ4v) is 4.83. The Morgan fingerprint density at radius 3 is 2.39 bits per heavy atom. The molecule has 2 saturated heterocycles. The topological polar surface area (TPSA) is 23.5 Å². The first-order valence-corrected chi connectivity index (χ1v) is 7.97. The molecule has 1 N–H and O–H groups in total. The van der Waals surface area contributed by atoms with Crippen molar-refractivity contribution in [2.24, 2.45) is 17.8 Å². The first-order valence-electron chi connectivity index (χ1n) is 6.81. The Hall–Kier alpha value is -0.510. The van der Waals surface area contributed by atoms with Gasteiger partial charge >= 0.3 is 0 Å². The summed E-state index contributed by atoms with van der Waals surface area (Å²) in [6.07, 6.45) is 0. The van der Waals surface area contributed by atoms with Gasteiger partial charge in [-0.3, -0.25) is 4.90 Å². The summed E-state index contributed by atoms with van der Waals surface area (Å²) in [6.45, 7) is 3.76. The van der Waals surface area contributed by atoms with E-state index in [0.717, 1.165) is 19.6 Å². The van der Waals surface area contributed by atoms with E-state index < -0.39 is 0 Å². The van der Waals surface area contributed by atoms with Gasteiger partial charge in [-0.25, -0.2) is 0 Å². The lowest BCUT2D eigenvalue weighted by molar-refractivity contribution is 0.0360. The molecule has 2 aliphatic heterocycles. The number of benzene rings is 1. The van der Waals surface area contributed by atoms with Gasteiger partial charge in [-0.1, -0.05) is 30.3 Å². The van der Waals surface area contributed by atoms with Crippen molar-refractivity contribution in [1.29, 1.82) is 0 Å². The van der Waals surface area contributed by atoms with E-state index in [4.69, 9.17) is 0 Å². The number of aliphatic hydroxyl groups is 1. The van der Waals surface area contributed by atoms with Crippen LogP contribution in [0.25, 0.3) is 0 Å². The second-order valence-electron chi connectivity index (χ2n) is 5.58. The Bertz CT molecular complexity index is 369. The summed E-state index contributed by atoms with van der Waals surface area (Å²) in [5.41, 5.74) is 1.41. The number of nitrogens with zero attached hydrogens (tertiary/aromatic N) is 1. The number of piperidine rings is 1. The van der Waals surface area contributed by atoms with Crippen LogP contribution in [0.4, 0.5) is 0 Å². The molecule has 3 heteroatoms. The van der Waals surface area contributed by atoms with Crippen molar-refractivity contribution in [2.45, 2.75) is 6.54 Å². The van der Waals surface area contributed by atoms with Gasteiger partial charge in [0.1, 0.15) is 0 Å². The third-order valence-electron chi connectivity index (χ3n) is 4.32. The number of likely N-dealkylation sites (tertiary alicyclic amines) is 1. The normalized spacial score (nSPS) is 32.4. The number of aliphatic hydroxyl groups excluding tert-OH is 1. The molecule has 0 amide bonds. The minimum absolute atomic E-state index is 0.384. The molecule has 2 nitrogen and oxygen atoms in total. The first-order chi connectivity index (χ1) is 8.86. The summed E-state index contributed by atoms with van der Waals surface area (Å²) in [5.74, 6) is 4.39. The number of hydrogen-bond acceptors (Lipinski definition) is 3. The van der Waals surface area contributed by atoms with Crippen molar-refractivity contribution in [3.05, 3.63) is 35.9 Å². The molecule has 2 bridgehead atoms. The number of hydrogen-bond donors (Lipinski definition) is 1. The van der Waals surface area contributed by atoms with E-state index in [9.17, 15) is 5.11 Å². The van der Waals surface area contributed by atoms with Crippen LogP contribution in [0, 0.1) is 17.8 Å². The molecule has 2 aliphatic rings. The van der Waals surface area contributed by atoms with E-state index in [0.29, 0.717) is 24.4 Å². The van der Waals surface area contributed by atoms with Gasteiger partial charge in [-0.2, -0.15) is 11.8 Å². The van der Waals surface area contributed by atoms with Crippen LogP contribution < -0.4 is 0 Å². The molecule has 2 atom stereocenters. The highest BCUT2D eigenvalue weighted by Crippen LogP contribution is 2.38. The first kappa shape index (κ1) is 12.5. The van der Waals surface area contributed by atoms with Crippen molar-refractivity contribution in [3.8, 4) is 0 Å². The predicted octanol–water partition coefficient (Wildman–Crippen LogP) is 2.09. The Labute approximate surface area is 113 Å². The minimum Gasteiger partial charge on any atom is -0.396 e. The van der Waals surface area contributed by atoms with Gasteiger partial charge in [0.05, 0.1) is 0 Å². The van der Waals surface area contributed by atoms with E-state index in [1.54, 1.807) is 0 Å². The number of thioether (sulfide) groups is 1. The minimum atomic E-state index is 0.384. The van der Waals surface area contributed by atoms with E-state index >= 15 is 0 Å². The molecular weight excluding hydrogens is 242 g/mol. The molecule has 0 spiro atoms. The second-order valence-corrected chi connectivity index (χ2v) is 6.66. The zero-order valence-electron chi connectivity index (χ0n) is 10.7. The van der Waals surface area contributed by atoms with Gasteiger partial charge in [-0.15, -0.1) is 0 Å². The van der Waals surface area contributed by atoms with Crippen LogP contribution >= 0.6 is 11.8 Å². The molecular formula is C15H21NOS. The van der Waals surface area contributed by atoms with Crippen LogP contribution in [0.5, 0.6) is 0 Å². The Kier molecular flexibility index (Phi) is 3.92. The van der Waals surface area contributed by atoms with Gasteiger partial charge < -0.3 is 5.11 Å². The SMILES string of the molecule is OCC1C2CSCC1CN(Cc1ccccc1)C2. The number of rotatable bonds is 3. The van der Waals surface area contributed by atoms with Gasteiger partial charge in [0.2, 0.25) is 0 Å². The summed E-state index contributed by atoms with van der Waals surface area (Å²) in [5, 5.41) is 9.55. The van der Waals surface area contributed by atoms with E-state index in [1.807, 2.05) is 0 Å². The molecule has 1 aromatic rings. The largest absolute Gasteiger partial charge is 0.396 e. The molecule has 0 aromatic heterocycles. The van der Waals surface area contributed by atoms with Gasteiger partial charge in [-0.05, 0) is 34.8 Å². The van der Waals surface area contributed by atoms with Crippen LogP contribution in [0.15, 0.2) is 30.3 Å². The van der Waals surface area contributed by atoms with E-state index in [1.165, 1.54) is 17.1 Å². The molecule has 0 aliphatic carbocycles. The highest BCUT2D eigenvalue weighted by Gasteiger charge is 2.39. The van der Waals surface area contributed by atoms with Gasteiger partial charge in [0.25, 0.3) is 0 Å². The second kappa shape index (κ2) is 5.64. The highest BCUT2D eigenvalue weighted by molar-refractivity contribution is 7.99. The maximum atomic E-state index is 9.55. The summed E-state index contributed by atoms with van der Waals surface area (Å²) in [7, 11) is 0. The van der Waals surface area contributed by atoms with Crippen LogP contribution in [0.1, 0.15) is 5.56 Å². The van der Waals surface area contributed by atoms with Crippen LogP contribution in [0.3, 0.4) is 0 Å². The molecule has 2 unspecified atom stereocenters. The third kappa shape index (κ3) is 2.58. The molecule has 2 fully saturated rings. The van der Waals surface area contributed by atoms with Crippen molar-refractivity contribution in [2.75, 3.05) is 31.2 Å². The maximum absolute atomic E-state index is 9.55. The van der Waals surface area contributed by atoms with Crippen LogP contribution in [-0.4, -0.2) is 41.2 Å². The lowest BCUT2D eigenvalue weighted by atomic mass is 9.79. The highest BCUT2D eigenvalue weighted by atomic mass is 32.2. The predicted molar refractivity (Wildman–Crippen MR) is 76.6 cm³/mol. The molecule has 2 heterocycles. The smallest absolute Gasteiger partial charge is 0.0466 e. The standard InChI is InChI=1S/C15H21NOS/c17-9-15-13-7-16(8-14(15)11-18-10-13)6-12-4-2-1-3-5-12/h1-5,13-15,17H,6-11H2. The lowest BCUT2D eigenvalue weighted by Gasteiger charge is -2.46. The molecule has 3 rings (SSSR count). The lowest BCUT2D eigenvalue weighted by Crippen LogP contribution is -2.51. The molecule has 1 aromatic carbocycles. The zero-order valence-corrected chi connectivity index (χ0v) is 11.5. The van der Waals surface area contributed by atoms with Crippen LogP contribution in [0.2, 0.25) is 0 Å². The Morgan fingerprint density at radius 2 is 1.78 bits per heavy atom. The molecule has 0 saturated carbocycles. The van der Waals surface area contributed by atoms with E-state index in [-0.39, 0.29) is 0 Å². The summed E-state index contributed by atoms with van der Waals surface area (Å²) in [4.78, 5) is 2.58. The summed E-state index contributed by atoms with van der Waals surface area (Å²) in [6, 6.07) is 10.7. The van der Waals surface area contributed by atoms with Crippen LogP contribution in [-0.2, 0) is 6.54 Å². The van der Waals surface area contributed by atoms with Gasteiger partial charge in [0, 0.05) is 26.2 Å². The third-order valence-corrected chi connectivity index (χ3v) is 5.65. The average molecular weight is 263 g/mol. The monoisotopic (exact) mass is 263 g/mol. The Morgan fingerprint density at radius 1 is 1.11 bits per heavy atom. The van der Waals surface area contributed by atoms with E-state index in [2.05, 4.69) is 47.0 Å². The molecule has 18 heavy (non-hydrogen) atoms. The fourth-order valence-electron chi connectivity index (χ4n) is 3.39. The van der Waals surface area contributed by atoms with Crippen molar-refractivity contribution < 1.29 is 5.11 Å². The quantitative estimate of drug-likeness (QED) is 0.903. The van der Waals surface area contributed by atoms with Gasteiger partial charge in [0.15, 0.2) is 0 Å². The molecule has 98 valence electrons. The molecule has 0 radical (unpaired) electrons. The van der Waals surface area contributed by atoms with Crippen molar-refractivity contribution >= 4 is 11.8 Å². The Balaban J connectivity index is 1.66. The summed E-state index contributed by atoms with van der Waals surface area (Å²) >= 11 is 2.08. The maximum Gasteiger partial charge on any atom is 0.0466 e. The summed E-state index contributed by atoms with van der Waals surface area (Å²) < 4.78 is 0. The zero-order chi connectivity index (χ0) is 12.4. The van der Waals surface area contributed by atoms with Crippen molar-refractivity contribution in [3.63, 3.8) is 0 Å².